The summed E-state index contributed by atoms with van der Waals surface area (Å²) >= 11 is 5.85. The lowest BCUT2D eigenvalue weighted by Crippen LogP contribution is -2.36. The standard InChI is InChI=1S/C19H22ClNO5S/c1-4-25-19(22)13-21(16-7-9-17(10-8-16)26-14(2)3)27(23,24)18-11-5-15(20)6-12-18/h5-12,14H,4,13H2,1-3H3. The van der Waals surface area contributed by atoms with Crippen molar-refractivity contribution in [1.82, 2.24) is 0 Å². The highest BCUT2D eigenvalue weighted by molar-refractivity contribution is 7.92. The molecule has 0 atom stereocenters. The Morgan fingerprint density at radius 1 is 1.07 bits per heavy atom. The van der Waals surface area contributed by atoms with E-state index in [0.29, 0.717) is 16.5 Å². The Morgan fingerprint density at radius 3 is 2.19 bits per heavy atom. The highest BCUT2D eigenvalue weighted by atomic mass is 35.5. The minimum absolute atomic E-state index is 0.00992. The van der Waals surface area contributed by atoms with Gasteiger partial charge in [-0.2, -0.15) is 0 Å². The van der Waals surface area contributed by atoms with Crippen molar-refractivity contribution in [2.45, 2.75) is 31.8 Å². The van der Waals surface area contributed by atoms with Crippen molar-refractivity contribution in [1.29, 1.82) is 0 Å². The van der Waals surface area contributed by atoms with E-state index in [9.17, 15) is 13.2 Å². The number of hydrogen-bond acceptors (Lipinski definition) is 5. The van der Waals surface area contributed by atoms with Gasteiger partial charge in [0.1, 0.15) is 12.3 Å². The molecule has 2 rings (SSSR count). The third-order valence-corrected chi connectivity index (χ3v) is 5.52. The van der Waals surface area contributed by atoms with E-state index in [1.54, 1.807) is 31.2 Å². The quantitative estimate of drug-likeness (QED) is 0.616. The number of anilines is 1. The zero-order chi connectivity index (χ0) is 20.0. The molecule has 2 aromatic rings. The minimum Gasteiger partial charge on any atom is -0.491 e. The average Bonchev–Trinajstić information content (AvgIpc) is 2.60. The molecule has 6 nitrogen and oxygen atoms in total. The normalized spacial score (nSPS) is 11.3. The van der Waals surface area contributed by atoms with Gasteiger partial charge in [-0.05, 0) is 69.3 Å². The summed E-state index contributed by atoms with van der Waals surface area (Å²) in [4.78, 5) is 12.0. The number of halogens is 1. The van der Waals surface area contributed by atoms with Crippen molar-refractivity contribution in [2.75, 3.05) is 17.5 Å². The van der Waals surface area contributed by atoms with Crippen molar-refractivity contribution < 1.29 is 22.7 Å². The molecule has 0 N–H and O–H groups in total. The van der Waals surface area contributed by atoms with Crippen LogP contribution in [-0.2, 0) is 19.6 Å². The largest absolute Gasteiger partial charge is 0.491 e. The number of carbonyl (C=O) groups is 1. The first-order valence-corrected chi connectivity index (χ1v) is 10.3. The first-order valence-electron chi connectivity index (χ1n) is 8.44. The molecule has 27 heavy (non-hydrogen) atoms. The molecule has 0 fully saturated rings. The molecule has 0 unspecified atom stereocenters. The lowest BCUT2D eigenvalue weighted by Gasteiger charge is -2.24. The first-order chi connectivity index (χ1) is 12.7. The van der Waals surface area contributed by atoms with Crippen molar-refractivity contribution in [3.8, 4) is 5.75 Å². The lowest BCUT2D eigenvalue weighted by atomic mass is 10.3. The van der Waals surface area contributed by atoms with Crippen LogP contribution >= 0.6 is 11.6 Å². The number of benzene rings is 2. The third-order valence-electron chi connectivity index (χ3n) is 3.48. The molecule has 0 spiro atoms. The van der Waals surface area contributed by atoms with Crippen LogP contribution in [0.1, 0.15) is 20.8 Å². The summed E-state index contributed by atoms with van der Waals surface area (Å²) in [6, 6.07) is 12.2. The van der Waals surface area contributed by atoms with Gasteiger partial charge in [0, 0.05) is 5.02 Å². The van der Waals surface area contributed by atoms with E-state index in [0.717, 1.165) is 4.31 Å². The van der Waals surface area contributed by atoms with Crippen LogP contribution in [0.25, 0.3) is 0 Å². The Bertz CT molecular complexity index is 864. The molecule has 0 aliphatic carbocycles. The SMILES string of the molecule is CCOC(=O)CN(c1ccc(OC(C)C)cc1)S(=O)(=O)c1ccc(Cl)cc1. The van der Waals surface area contributed by atoms with Gasteiger partial charge in [0.2, 0.25) is 0 Å². The number of sulfonamides is 1. The number of carbonyl (C=O) groups excluding carboxylic acids is 1. The van der Waals surface area contributed by atoms with Gasteiger partial charge in [-0.25, -0.2) is 8.42 Å². The van der Waals surface area contributed by atoms with E-state index in [2.05, 4.69) is 0 Å². The molecule has 0 aliphatic rings. The number of nitrogens with zero attached hydrogens (tertiary/aromatic N) is 1. The Labute approximate surface area is 164 Å². The Hall–Kier alpha value is -2.25. The van der Waals surface area contributed by atoms with Crippen LogP contribution in [0.2, 0.25) is 5.02 Å². The fraction of sp³-hybridized carbons (Fsp3) is 0.316. The van der Waals surface area contributed by atoms with Crippen molar-refractivity contribution in [3.05, 3.63) is 53.6 Å². The average molecular weight is 412 g/mol. The summed E-state index contributed by atoms with van der Waals surface area (Å²) < 4.78 is 37.7. The van der Waals surface area contributed by atoms with Gasteiger partial charge < -0.3 is 9.47 Å². The number of esters is 1. The van der Waals surface area contributed by atoms with Crippen LogP contribution in [0.15, 0.2) is 53.4 Å². The molecule has 146 valence electrons. The topological polar surface area (TPSA) is 72.9 Å². The molecule has 0 aliphatic heterocycles. The van der Waals surface area contributed by atoms with Crippen LogP contribution in [0.5, 0.6) is 5.75 Å². The zero-order valence-corrected chi connectivity index (χ0v) is 17.0. The Morgan fingerprint density at radius 2 is 1.67 bits per heavy atom. The second kappa shape index (κ2) is 9.10. The molecule has 0 aromatic heterocycles. The molecule has 0 radical (unpaired) electrons. The van der Waals surface area contributed by atoms with Gasteiger partial charge in [-0.3, -0.25) is 9.10 Å². The summed E-state index contributed by atoms with van der Waals surface area (Å²) in [5, 5.41) is 0.418. The van der Waals surface area contributed by atoms with E-state index in [1.807, 2.05) is 13.8 Å². The summed E-state index contributed by atoms with van der Waals surface area (Å²) in [5.74, 6) is -0.0359. The van der Waals surface area contributed by atoms with E-state index < -0.39 is 22.5 Å². The zero-order valence-electron chi connectivity index (χ0n) is 15.4. The molecule has 0 bridgehead atoms. The second-order valence-corrected chi connectivity index (χ2v) is 8.23. The maximum atomic E-state index is 13.1. The predicted octanol–water partition coefficient (Wildman–Crippen LogP) is 3.89. The smallest absolute Gasteiger partial charge is 0.326 e. The van der Waals surface area contributed by atoms with Crippen molar-refractivity contribution >= 4 is 33.3 Å². The first kappa shape index (κ1) is 21.1. The van der Waals surface area contributed by atoms with Gasteiger partial charge in [0.25, 0.3) is 10.0 Å². The van der Waals surface area contributed by atoms with Gasteiger partial charge in [0.05, 0.1) is 23.3 Å². The van der Waals surface area contributed by atoms with Gasteiger partial charge in [-0.1, -0.05) is 11.6 Å². The molecule has 2 aromatic carbocycles. The van der Waals surface area contributed by atoms with Gasteiger partial charge in [-0.15, -0.1) is 0 Å². The van der Waals surface area contributed by atoms with E-state index in [4.69, 9.17) is 21.1 Å². The predicted molar refractivity (Wildman–Crippen MR) is 105 cm³/mol. The summed E-state index contributed by atoms with van der Waals surface area (Å²) in [7, 11) is -3.99. The second-order valence-electron chi connectivity index (χ2n) is 5.93. The molecular formula is C19H22ClNO5S. The van der Waals surface area contributed by atoms with Crippen LogP contribution in [-0.4, -0.2) is 33.6 Å². The fourth-order valence-electron chi connectivity index (χ4n) is 2.34. The van der Waals surface area contributed by atoms with E-state index in [-0.39, 0.29) is 17.6 Å². The molecular weight excluding hydrogens is 390 g/mol. The summed E-state index contributed by atoms with van der Waals surface area (Å²) in [5.41, 5.74) is 0.328. The van der Waals surface area contributed by atoms with Crippen LogP contribution in [0.4, 0.5) is 5.69 Å². The van der Waals surface area contributed by atoms with Gasteiger partial charge >= 0.3 is 5.97 Å². The monoisotopic (exact) mass is 411 g/mol. The number of rotatable bonds is 8. The lowest BCUT2D eigenvalue weighted by molar-refractivity contribution is -0.141. The minimum atomic E-state index is -3.99. The van der Waals surface area contributed by atoms with Crippen LogP contribution in [0.3, 0.4) is 0 Å². The molecule has 8 heteroatoms. The maximum absolute atomic E-state index is 13.1. The number of ether oxygens (including phenoxy) is 2. The van der Waals surface area contributed by atoms with Gasteiger partial charge in [0.15, 0.2) is 0 Å². The highest BCUT2D eigenvalue weighted by Gasteiger charge is 2.27. The van der Waals surface area contributed by atoms with Crippen molar-refractivity contribution in [3.63, 3.8) is 0 Å². The number of hydrogen-bond donors (Lipinski definition) is 0. The van der Waals surface area contributed by atoms with Crippen LogP contribution < -0.4 is 9.04 Å². The van der Waals surface area contributed by atoms with E-state index >= 15 is 0 Å². The molecule has 0 amide bonds. The van der Waals surface area contributed by atoms with Crippen LogP contribution in [0, 0.1) is 0 Å². The highest BCUT2D eigenvalue weighted by Crippen LogP contribution is 2.27. The Balaban J connectivity index is 2.41. The fourth-order valence-corrected chi connectivity index (χ4v) is 3.87. The van der Waals surface area contributed by atoms with Crippen molar-refractivity contribution in [2.24, 2.45) is 0 Å². The molecule has 0 saturated carbocycles. The summed E-state index contributed by atoms with van der Waals surface area (Å²) in [6.07, 6.45) is -0.00992. The summed E-state index contributed by atoms with van der Waals surface area (Å²) in [6.45, 7) is 5.17. The maximum Gasteiger partial charge on any atom is 0.326 e. The molecule has 0 heterocycles. The molecule has 0 saturated heterocycles. The Kier molecular flexibility index (Phi) is 7.10. The third kappa shape index (κ3) is 5.61. The van der Waals surface area contributed by atoms with E-state index in [1.165, 1.54) is 24.3 Å².